The van der Waals surface area contributed by atoms with Crippen LogP contribution in [0.15, 0.2) is 18.2 Å². The molecule has 0 heterocycles. The third-order valence-electron chi connectivity index (χ3n) is 1.83. The van der Waals surface area contributed by atoms with Gasteiger partial charge in [-0.25, -0.2) is 0 Å². The van der Waals surface area contributed by atoms with Crippen molar-refractivity contribution >= 4 is 16.4 Å². The highest BCUT2D eigenvalue weighted by Gasteiger charge is 2.48. The minimum Gasteiger partial charge on any atom is -0.497 e. The Balaban J connectivity index is 3.22. The third-order valence-corrected chi connectivity index (χ3v) is 2.80. The van der Waals surface area contributed by atoms with E-state index in [2.05, 4.69) is 8.92 Å². The number of hydrogen-bond acceptors (Lipinski definition) is 5. The van der Waals surface area contributed by atoms with Crippen molar-refractivity contribution in [2.24, 2.45) is 0 Å². The van der Waals surface area contributed by atoms with Crippen LogP contribution in [0.4, 0.5) is 13.2 Å². The quantitative estimate of drug-likeness (QED) is 0.478. The molecule has 0 aliphatic rings. The highest BCUT2D eigenvalue weighted by molar-refractivity contribution is 7.88. The van der Waals surface area contributed by atoms with Gasteiger partial charge < -0.3 is 8.92 Å². The fourth-order valence-electron chi connectivity index (χ4n) is 0.977. The van der Waals surface area contributed by atoms with Crippen molar-refractivity contribution in [2.75, 3.05) is 7.11 Å². The largest absolute Gasteiger partial charge is 0.534 e. The summed E-state index contributed by atoms with van der Waals surface area (Å²) in [5.74, 6) is -0.699. The minimum absolute atomic E-state index is 0.0491. The van der Waals surface area contributed by atoms with Gasteiger partial charge in [0, 0.05) is 6.07 Å². The second-order valence-electron chi connectivity index (χ2n) is 3.00. The third kappa shape index (κ3) is 2.92. The Morgan fingerprint density at radius 3 is 2.33 bits per heavy atom. The molecule has 100 valence electrons. The number of alkyl halides is 3. The molecule has 0 radical (unpaired) electrons. The Morgan fingerprint density at radius 2 is 1.89 bits per heavy atom. The molecule has 5 nitrogen and oxygen atoms in total. The van der Waals surface area contributed by atoms with Crippen molar-refractivity contribution in [1.82, 2.24) is 0 Å². The molecule has 1 aromatic rings. The molecule has 0 aliphatic heterocycles. The minimum atomic E-state index is -5.82. The van der Waals surface area contributed by atoms with E-state index >= 15 is 0 Å². The molecule has 0 saturated carbocycles. The number of methoxy groups -OCH3 is 1. The topological polar surface area (TPSA) is 69.7 Å². The van der Waals surface area contributed by atoms with Crippen LogP contribution in [0, 0.1) is 0 Å². The van der Waals surface area contributed by atoms with E-state index in [9.17, 15) is 26.4 Å². The fraction of sp³-hybridized carbons (Fsp3) is 0.222. The lowest BCUT2D eigenvalue weighted by Gasteiger charge is -2.11. The number of halogens is 3. The van der Waals surface area contributed by atoms with Gasteiger partial charge >= 0.3 is 15.6 Å². The Morgan fingerprint density at radius 1 is 1.28 bits per heavy atom. The Hall–Kier alpha value is -1.77. The first-order valence-corrected chi connectivity index (χ1v) is 5.76. The van der Waals surface area contributed by atoms with Gasteiger partial charge in [0.2, 0.25) is 0 Å². The molecule has 0 N–H and O–H groups in total. The van der Waals surface area contributed by atoms with Crippen LogP contribution < -0.4 is 8.92 Å². The molecular formula is C9H7F3O5S. The predicted octanol–water partition coefficient (Wildman–Crippen LogP) is 1.74. The number of rotatable bonds is 4. The number of carbonyl (C=O) groups is 1. The summed E-state index contributed by atoms with van der Waals surface area (Å²) in [5, 5.41) is 0. The first-order chi connectivity index (χ1) is 8.21. The molecule has 9 heteroatoms. The molecule has 0 unspecified atom stereocenters. The second kappa shape index (κ2) is 4.84. The average molecular weight is 284 g/mol. The van der Waals surface area contributed by atoms with Crippen molar-refractivity contribution in [3.63, 3.8) is 0 Å². The normalized spacial score (nSPS) is 12.0. The van der Waals surface area contributed by atoms with Crippen LogP contribution in [0.2, 0.25) is 0 Å². The van der Waals surface area contributed by atoms with Crippen LogP contribution in [0.1, 0.15) is 10.4 Å². The number of aldehydes is 1. The predicted molar refractivity (Wildman–Crippen MR) is 54.0 cm³/mol. The van der Waals surface area contributed by atoms with E-state index < -0.39 is 21.4 Å². The standard InChI is InChI=1S/C9H7F3O5S/c1-16-7-3-2-6(5-13)8(4-7)17-18(14,15)9(10,11)12/h2-5H,1H3. The summed E-state index contributed by atoms with van der Waals surface area (Å²) in [6.45, 7) is 0. The summed E-state index contributed by atoms with van der Waals surface area (Å²) >= 11 is 0. The van der Waals surface area contributed by atoms with Gasteiger partial charge in [0.15, 0.2) is 12.0 Å². The summed E-state index contributed by atoms with van der Waals surface area (Å²) in [5.41, 5.74) is -5.92. The van der Waals surface area contributed by atoms with Crippen LogP contribution in [-0.4, -0.2) is 27.3 Å². The molecular weight excluding hydrogens is 277 g/mol. The maximum atomic E-state index is 12.1. The van der Waals surface area contributed by atoms with Crippen molar-refractivity contribution in [1.29, 1.82) is 0 Å². The van der Waals surface area contributed by atoms with Gasteiger partial charge in [-0.3, -0.25) is 4.79 Å². The van der Waals surface area contributed by atoms with Gasteiger partial charge in [-0.1, -0.05) is 0 Å². The second-order valence-corrected chi connectivity index (χ2v) is 4.54. The molecule has 0 atom stereocenters. The number of carbonyl (C=O) groups excluding carboxylic acids is 1. The van der Waals surface area contributed by atoms with Gasteiger partial charge in [0.25, 0.3) is 0 Å². The average Bonchev–Trinajstić information content (AvgIpc) is 2.26. The number of hydrogen-bond donors (Lipinski definition) is 0. The van der Waals surface area contributed by atoms with Crippen LogP contribution in [0.5, 0.6) is 11.5 Å². The lowest BCUT2D eigenvalue weighted by molar-refractivity contribution is -0.0500. The molecule has 0 spiro atoms. The Kier molecular flexibility index (Phi) is 3.85. The van der Waals surface area contributed by atoms with E-state index in [0.29, 0.717) is 0 Å². The molecule has 0 bridgehead atoms. The summed E-state index contributed by atoms with van der Waals surface area (Å²) in [6, 6.07) is 3.22. The molecule has 18 heavy (non-hydrogen) atoms. The summed E-state index contributed by atoms with van der Waals surface area (Å²) in [7, 11) is -4.60. The molecule has 1 rings (SSSR count). The van der Waals surface area contributed by atoms with Gasteiger partial charge in [-0.15, -0.1) is 0 Å². The van der Waals surface area contributed by atoms with Crippen molar-refractivity contribution < 1.29 is 35.3 Å². The summed E-state index contributed by atoms with van der Waals surface area (Å²) < 4.78 is 66.4. The van der Waals surface area contributed by atoms with Crippen LogP contribution in [0.3, 0.4) is 0 Å². The van der Waals surface area contributed by atoms with Crippen LogP contribution in [0.25, 0.3) is 0 Å². The van der Waals surface area contributed by atoms with Crippen molar-refractivity contribution in [3.05, 3.63) is 23.8 Å². The first kappa shape index (κ1) is 14.3. The van der Waals surface area contributed by atoms with Crippen molar-refractivity contribution in [3.8, 4) is 11.5 Å². The van der Waals surface area contributed by atoms with Gasteiger partial charge in [0.1, 0.15) is 5.75 Å². The smallest absolute Gasteiger partial charge is 0.497 e. The fourth-order valence-corrected chi connectivity index (χ4v) is 1.45. The van der Waals surface area contributed by atoms with E-state index in [0.717, 1.165) is 12.1 Å². The maximum Gasteiger partial charge on any atom is 0.534 e. The zero-order valence-corrected chi connectivity index (χ0v) is 9.71. The van der Waals surface area contributed by atoms with Gasteiger partial charge in [-0.05, 0) is 12.1 Å². The molecule has 0 fully saturated rings. The summed E-state index contributed by atoms with van der Waals surface area (Å²) in [4.78, 5) is 10.6. The van der Waals surface area contributed by atoms with E-state index in [4.69, 9.17) is 0 Å². The molecule has 0 amide bonds. The molecule has 0 saturated heterocycles. The number of ether oxygens (including phenoxy) is 1. The molecule has 0 aromatic heterocycles. The highest BCUT2D eigenvalue weighted by atomic mass is 32.2. The van der Waals surface area contributed by atoms with Gasteiger partial charge in [0.05, 0.1) is 12.7 Å². The van der Waals surface area contributed by atoms with E-state index in [1.165, 1.54) is 13.2 Å². The zero-order valence-electron chi connectivity index (χ0n) is 8.89. The SMILES string of the molecule is COc1ccc(C=O)c(OS(=O)(=O)C(F)(F)F)c1. The summed E-state index contributed by atoms with van der Waals surface area (Å²) in [6.07, 6.45) is 0.167. The van der Waals surface area contributed by atoms with E-state index in [1.54, 1.807) is 0 Å². The number of benzene rings is 1. The first-order valence-electron chi connectivity index (χ1n) is 4.35. The Labute approximate surface area is 100 Å². The lowest BCUT2D eigenvalue weighted by atomic mass is 10.2. The lowest BCUT2D eigenvalue weighted by Crippen LogP contribution is -2.28. The van der Waals surface area contributed by atoms with E-state index in [1.807, 2.05) is 0 Å². The maximum absolute atomic E-state index is 12.1. The van der Waals surface area contributed by atoms with Crippen molar-refractivity contribution in [2.45, 2.75) is 5.51 Å². The zero-order chi connectivity index (χ0) is 14.0. The Bertz CT molecular complexity index is 550. The van der Waals surface area contributed by atoms with E-state index in [-0.39, 0.29) is 17.6 Å². The monoisotopic (exact) mass is 284 g/mol. The van der Waals surface area contributed by atoms with Crippen LogP contribution >= 0.6 is 0 Å². The molecule has 1 aromatic carbocycles. The highest BCUT2D eigenvalue weighted by Crippen LogP contribution is 2.30. The van der Waals surface area contributed by atoms with Gasteiger partial charge in [-0.2, -0.15) is 21.6 Å². The van der Waals surface area contributed by atoms with Crippen LogP contribution in [-0.2, 0) is 10.1 Å². The molecule has 0 aliphatic carbocycles.